The van der Waals surface area contributed by atoms with Crippen molar-refractivity contribution in [3.8, 4) is 0 Å². The zero-order valence-electron chi connectivity index (χ0n) is 14.0. The molecule has 1 N–H and O–H groups in total. The van der Waals surface area contributed by atoms with E-state index >= 15 is 0 Å². The van der Waals surface area contributed by atoms with E-state index in [4.69, 9.17) is 4.42 Å². The van der Waals surface area contributed by atoms with E-state index < -0.39 is 0 Å². The van der Waals surface area contributed by atoms with E-state index in [1.54, 1.807) is 24.6 Å². The number of para-hydroxylation sites is 1. The van der Waals surface area contributed by atoms with Crippen molar-refractivity contribution in [1.82, 2.24) is 10.3 Å². The standard InChI is InChI=1S/C20H19N3O2/c1-14-12-15-6-2-3-9-18(15)23(14)19-17(8-4-10-21-19)20(24)22-13-16-7-5-11-25-16/h2-11,14H,12-13H2,1H3,(H,22,24). The van der Waals surface area contributed by atoms with Crippen LogP contribution in [0.5, 0.6) is 0 Å². The van der Waals surface area contributed by atoms with Gasteiger partial charge in [0.05, 0.1) is 18.4 Å². The Kier molecular flexibility index (Phi) is 3.98. The Hall–Kier alpha value is -3.08. The highest BCUT2D eigenvalue weighted by Gasteiger charge is 2.30. The number of rotatable bonds is 4. The fourth-order valence-corrected chi connectivity index (χ4v) is 3.33. The van der Waals surface area contributed by atoms with Gasteiger partial charge in [0.1, 0.15) is 11.6 Å². The number of anilines is 2. The maximum atomic E-state index is 12.7. The molecule has 0 saturated carbocycles. The van der Waals surface area contributed by atoms with Crippen LogP contribution in [0.15, 0.2) is 65.4 Å². The number of hydrogen-bond acceptors (Lipinski definition) is 4. The van der Waals surface area contributed by atoms with Gasteiger partial charge < -0.3 is 14.6 Å². The van der Waals surface area contributed by atoms with Crippen LogP contribution in [0.2, 0.25) is 0 Å². The molecule has 3 aromatic rings. The lowest BCUT2D eigenvalue weighted by molar-refractivity contribution is 0.0948. The summed E-state index contributed by atoms with van der Waals surface area (Å²) in [5.41, 5.74) is 2.97. The van der Waals surface area contributed by atoms with E-state index in [9.17, 15) is 4.79 Å². The first-order valence-electron chi connectivity index (χ1n) is 8.37. The van der Waals surface area contributed by atoms with Gasteiger partial charge in [-0.05, 0) is 49.2 Å². The van der Waals surface area contributed by atoms with Gasteiger partial charge in [0.15, 0.2) is 0 Å². The number of carbonyl (C=O) groups is 1. The maximum Gasteiger partial charge on any atom is 0.255 e. The van der Waals surface area contributed by atoms with Gasteiger partial charge in [-0.3, -0.25) is 4.79 Å². The molecule has 2 aromatic heterocycles. The molecule has 0 radical (unpaired) electrons. The molecule has 25 heavy (non-hydrogen) atoms. The molecule has 0 aliphatic carbocycles. The third-order valence-electron chi connectivity index (χ3n) is 4.47. The highest BCUT2D eigenvalue weighted by atomic mass is 16.3. The van der Waals surface area contributed by atoms with Crippen molar-refractivity contribution >= 4 is 17.4 Å². The Morgan fingerprint density at radius 3 is 2.96 bits per heavy atom. The lowest BCUT2D eigenvalue weighted by Crippen LogP contribution is -2.30. The molecule has 0 saturated heterocycles. The number of nitrogens with zero attached hydrogens (tertiary/aromatic N) is 2. The Morgan fingerprint density at radius 2 is 2.12 bits per heavy atom. The highest BCUT2D eigenvalue weighted by Crippen LogP contribution is 2.38. The lowest BCUT2D eigenvalue weighted by Gasteiger charge is -2.25. The lowest BCUT2D eigenvalue weighted by atomic mass is 10.1. The van der Waals surface area contributed by atoms with E-state index in [1.807, 2.05) is 24.3 Å². The second kappa shape index (κ2) is 6.43. The molecular formula is C20H19N3O2. The minimum absolute atomic E-state index is 0.156. The van der Waals surface area contributed by atoms with Gasteiger partial charge in [0.25, 0.3) is 5.91 Å². The molecule has 1 aliphatic heterocycles. The van der Waals surface area contributed by atoms with Crippen LogP contribution in [0, 0.1) is 0 Å². The van der Waals surface area contributed by atoms with Crippen LogP contribution in [0.1, 0.15) is 28.6 Å². The van der Waals surface area contributed by atoms with Crippen molar-refractivity contribution in [1.29, 1.82) is 0 Å². The van der Waals surface area contributed by atoms with Crippen molar-refractivity contribution in [2.75, 3.05) is 4.90 Å². The molecule has 1 atom stereocenters. The van der Waals surface area contributed by atoms with E-state index in [2.05, 4.69) is 34.3 Å². The van der Waals surface area contributed by atoms with Gasteiger partial charge in [-0.25, -0.2) is 4.98 Å². The fourth-order valence-electron chi connectivity index (χ4n) is 3.33. The monoisotopic (exact) mass is 333 g/mol. The number of pyridine rings is 1. The third kappa shape index (κ3) is 2.89. The van der Waals surface area contributed by atoms with Crippen molar-refractivity contribution in [3.05, 3.63) is 77.9 Å². The molecular weight excluding hydrogens is 314 g/mol. The van der Waals surface area contributed by atoms with Gasteiger partial charge in [-0.1, -0.05) is 18.2 Å². The number of fused-ring (bicyclic) bond motifs is 1. The predicted molar refractivity (Wildman–Crippen MR) is 95.9 cm³/mol. The second-order valence-corrected chi connectivity index (χ2v) is 6.19. The largest absolute Gasteiger partial charge is 0.467 e. The van der Waals surface area contributed by atoms with Crippen molar-refractivity contribution < 1.29 is 9.21 Å². The molecule has 1 aromatic carbocycles. The number of carbonyl (C=O) groups excluding carboxylic acids is 1. The number of amides is 1. The first-order valence-corrected chi connectivity index (χ1v) is 8.37. The number of nitrogens with one attached hydrogen (secondary N) is 1. The first-order chi connectivity index (χ1) is 12.2. The van der Waals surface area contributed by atoms with Crippen LogP contribution in [0.4, 0.5) is 11.5 Å². The van der Waals surface area contributed by atoms with Crippen LogP contribution in [0.3, 0.4) is 0 Å². The van der Waals surface area contributed by atoms with Crippen LogP contribution in [-0.2, 0) is 13.0 Å². The van der Waals surface area contributed by atoms with E-state index in [1.165, 1.54) is 5.56 Å². The zero-order valence-corrected chi connectivity index (χ0v) is 14.0. The molecule has 0 spiro atoms. The molecule has 1 unspecified atom stereocenters. The van der Waals surface area contributed by atoms with E-state index in [0.29, 0.717) is 17.9 Å². The van der Waals surface area contributed by atoms with Gasteiger partial charge in [-0.15, -0.1) is 0 Å². The molecule has 126 valence electrons. The summed E-state index contributed by atoms with van der Waals surface area (Å²) in [5.74, 6) is 1.26. The van der Waals surface area contributed by atoms with Gasteiger partial charge in [0, 0.05) is 17.9 Å². The summed E-state index contributed by atoms with van der Waals surface area (Å²) in [6.07, 6.45) is 4.27. The smallest absolute Gasteiger partial charge is 0.255 e. The van der Waals surface area contributed by atoms with Crippen LogP contribution in [-0.4, -0.2) is 16.9 Å². The van der Waals surface area contributed by atoms with Crippen molar-refractivity contribution in [3.63, 3.8) is 0 Å². The number of benzene rings is 1. The SMILES string of the molecule is CC1Cc2ccccc2N1c1ncccc1C(=O)NCc1ccco1. The minimum atomic E-state index is -0.156. The van der Waals surface area contributed by atoms with E-state index in [0.717, 1.165) is 17.9 Å². The molecule has 1 amide bonds. The maximum absolute atomic E-state index is 12.7. The van der Waals surface area contributed by atoms with Crippen LogP contribution >= 0.6 is 0 Å². The Morgan fingerprint density at radius 1 is 1.24 bits per heavy atom. The fraction of sp³-hybridized carbons (Fsp3) is 0.200. The zero-order chi connectivity index (χ0) is 17.2. The first kappa shape index (κ1) is 15.4. The highest BCUT2D eigenvalue weighted by molar-refractivity contribution is 6.00. The summed E-state index contributed by atoms with van der Waals surface area (Å²) in [6.45, 7) is 2.51. The summed E-state index contributed by atoms with van der Waals surface area (Å²) in [7, 11) is 0. The average Bonchev–Trinajstić information content (AvgIpc) is 3.26. The molecule has 5 nitrogen and oxygen atoms in total. The van der Waals surface area contributed by atoms with Crippen LogP contribution in [0.25, 0.3) is 0 Å². The molecule has 1 aliphatic rings. The second-order valence-electron chi connectivity index (χ2n) is 6.19. The van der Waals surface area contributed by atoms with Gasteiger partial charge in [0.2, 0.25) is 0 Å². The Bertz CT molecular complexity index is 889. The number of furan rings is 1. The number of hydrogen-bond donors (Lipinski definition) is 1. The van der Waals surface area contributed by atoms with Gasteiger partial charge >= 0.3 is 0 Å². The number of aromatic nitrogens is 1. The third-order valence-corrected chi connectivity index (χ3v) is 4.47. The minimum Gasteiger partial charge on any atom is -0.467 e. The summed E-state index contributed by atoms with van der Waals surface area (Å²) < 4.78 is 5.27. The van der Waals surface area contributed by atoms with Gasteiger partial charge in [-0.2, -0.15) is 0 Å². The molecule has 0 fully saturated rings. The average molecular weight is 333 g/mol. The van der Waals surface area contributed by atoms with Crippen molar-refractivity contribution in [2.45, 2.75) is 25.9 Å². The summed E-state index contributed by atoms with van der Waals surface area (Å²) >= 11 is 0. The summed E-state index contributed by atoms with van der Waals surface area (Å²) in [5, 5.41) is 2.90. The Labute approximate surface area is 146 Å². The quantitative estimate of drug-likeness (QED) is 0.791. The molecule has 3 heterocycles. The Balaban J connectivity index is 1.64. The topological polar surface area (TPSA) is 58.4 Å². The van der Waals surface area contributed by atoms with Crippen molar-refractivity contribution in [2.24, 2.45) is 0 Å². The molecule has 4 rings (SSSR count). The molecule has 5 heteroatoms. The predicted octanol–water partition coefficient (Wildman–Crippen LogP) is 3.69. The summed E-state index contributed by atoms with van der Waals surface area (Å²) in [4.78, 5) is 19.4. The normalized spacial score (nSPS) is 15.9. The molecule has 0 bridgehead atoms. The summed E-state index contributed by atoms with van der Waals surface area (Å²) in [6, 6.07) is 15.8. The van der Waals surface area contributed by atoms with E-state index in [-0.39, 0.29) is 11.9 Å². The van der Waals surface area contributed by atoms with Crippen LogP contribution < -0.4 is 10.2 Å².